The summed E-state index contributed by atoms with van der Waals surface area (Å²) in [5.41, 5.74) is 0.383. The highest BCUT2D eigenvalue weighted by Crippen LogP contribution is 2.20. The number of hydrogen-bond acceptors (Lipinski definition) is 5. The van der Waals surface area contributed by atoms with Gasteiger partial charge in [-0.3, -0.25) is 9.59 Å². The molecule has 0 bridgehead atoms. The van der Waals surface area contributed by atoms with Gasteiger partial charge in [-0.05, 0) is 52.1 Å². The van der Waals surface area contributed by atoms with Crippen LogP contribution in [0.5, 0.6) is 0 Å². The fourth-order valence-electron chi connectivity index (χ4n) is 4.03. The third kappa shape index (κ3) is 5.67. The number of nitrogens with one attached hydrogen (secondary N) is 2. The van der Waals surface area contributed by atoms with E-state index >= 15 is 0 Å². The van der Waals surface area contributed by atoms with Crippen LogP contribution in [0.3, 0.4) is 0 Å². The van der Waals surface area contributed by atoms with Crippen LogP contribution in [0.1, 0.15) is 68.9 Å². The molecule has 0 radical (unpaired) electrons. The quantitative estimate of drug-likeness (QED) is 0.743. The van der Waals surface area contributed by atoms with E-state index in [-0.39, 0.29) is 36.2 Å². The Kier molecular flexibility index (Phi) is 8.69. The number of aromatic nitrogens is 3. The van der Waals surface area contributed by atoms with Gasteiger partial charge in [0.25, 0.3) is 5.91 Å². The summed E-state index contributed by atoms with van der Waals surface area (Å²) >= 11 is 0. The van der Waals surface area contributed by atoms with Crippen LogP contribution in [0.4, 0.5) is 0 Å². The first-order chi connectivity index (χ1) is 13.1. The average Bonchev–Trinajstić information content (AvgIpc) is 3.18. The summed E-state index contributed by atoms with van der Waals surface area (Å²) in [6.45, 7) is 7.21. The first-order valence-electron chi connectivity index (χ1n) is 10.3. The Bertz CT molecular complexity index is 646. The molecule has 2 saturated heterocycles. The second-order valence-corrected chi connectivity index (χ2v) is 7.85. The van der Waals surface area contributed by atoms with Gasteiger partial charge < -0.3 is 15.5 Å². The predicted octanol–water partition coefficient (Wildman–Crippen LogP) is 1.78. The molecule has 0 aliphatic carbocycles. The summed E-state index contributed by atoms with van der Waals surface area (Å²) in [7, 11) is 0. The molecule has 0 spiro atoms. The van der Waals surface area contributed by atoms with Crippen molar-refractivity contribution in [3.05, 3.63) is 11.9 Å². The van der Waals surface area contributed by atoms with Gasteiger partial charge >= 0.3 is 0 Å². The van der Waals surface area contributed by atoms with Gasteiger partial charge in [0.2, 0.25) is 5.91 Å². The van der Waals surface area contributed by atoms with Crippen LogP contribution in [-0.2, 0) is 4.79 Å². The van der Waals surface area contributed by atoms with Crippen molar-refractivity contribution < 1.29 is 9.59 Å². The van der Waals surface area contributed by atoms with Gasteiger partial charge in [-0.1, -0.05) is 18.6 Å². The highest BCUT2D eigenvalue weighted by Gasteiger charge is 2.30. The summed E-state index contributed by atoms with van der Waals surface area (Å²) < 4.78 is 1.83. The van der Waals surface area contributed by atoms with Crippen molar-refractivity contribution in [2.75, 3.05) is 26.2 Å². The molecule has 0 saturated carbocycles. The molecule has 1 aromatic heterocycles. The normalized spacial score (nSPS) is 21.6. The van der Waals surface area contributed by atoms with Crippen LogP contribution in [0.2, 0.25) is 0 Å². The molecule has 2 fully saturated rings. The number of carbonyl (C=O) groups excluding carboxylic acids is 2. The maximum absolute atomic E-state index is 12.9. The van der Waals surface area contributed by atoms with E-state index in [9.17, 15) is 9.59 Å². The smallest absolute Gasteiger partial charge is 0.276 e. The lowest BCUT2D eigenvalue weighted by atomic mass is 9.96. The standard InChI is InChI=1S/C19H32N6O2.ClH/c1-3-5-14(2)21-18(26)15-6-4-11-24(12-15)19(27)17-13-25(23-22-17)16-7-9-20-10-8-16;/h13-16,20H,3-12H2,1-2H3,(H,21,26);1H. The van der Waals surface area contributed by atoms with E-state index < -0.39 is 0 Å². The number of likely N-dealkylation sites (tertiary alicyclic amines) is 1. The van der Waals surface area contributed by atoms with Gasteiger partial charge in [-0.25, -0.2) is 4.68 Å². The van der Waals surface area contributed by atoms with Crippen molar-refractivity contribution in [1.82, 2.24) is 30.5 Å². The maximum Gasteiger partial charge on any atom is 0.276 e. The minimum Gasteiger partial charge on any atom is -0.353 e. The van der Waals surface area contributed by atoms with E-state index in [1.807, 2.05) is 11.6 Å². The Morgan fingerprint density at radius 1 is 1.32 bits per heavy atom. The van der Waals surface area contributed by atoms with Crippen LogP contribution in [0.15, 0.2) is 6.20 Å². The minimum atomic E-state index is -0.138. The third-order valence-corrected chi connectivity index (χ3v) is 5.60. The largest absolute Gasteiger partial charge is 0.353 e. The molecule has 2 atom stereocenters. The van der Waals surface area contributed by atoms with Gasteiger partial charge in [-0.2, -0.15) is 0 Å². The van der Waals surface area contributed by atoms with Gasteiger partial charge in [0.05, 0.1) is 18.2 Å². The van der Waals surface area contributed by atoms with Crippen molar-refractivity contribution in [2.24, 2.45) is 5.92 Å². The Labute approximate surface area is 173 Å². The van der Waals surface area contributed by atoms with Crippen LogP contribution < -0.4 is 10.6 Å². The highest BCUT2D eigenvalue weighted by molar-refractivity contribution is 5.92. The fraction of sp³-hybridized carbons (Fsp3) is 0.789. The number of halogens is 1. The average molecular weight is 413 g/mol. The first kappa shape index (κ1) is 22.6. The topological polar surface area (TPSA) is 92.2 Å². The SMILES string of the molecule is CCCC(C)NC(=O)C1CCCN(C(=O)c2cn(C3CCNCC3)nn2)C1.Cl. The van der Waals surface area contributed by atoms with Gasteiger partial charge in [-0.15, -0.1) is 17.5 Å². The summed E-state index contributed by atoms with van der Waals surface area (Å²) in [6.07, 6.45) is 7.46. The molecule has 3 heterocycles. The molecule has 2 aliphatic heterocycles. The lowest BCUT2D eigenvalue weighted by Crippen LogP contribution is -2.47. The zero-order chi connectivity index (χ0) is 19.2. The minimum absolute atomic E-state index is 0. The number of rotatable bonds is 6. The Balaban J connectivity index is 0.00000280. The van der Waals surface area contributed by atoms with Crippen molar-refractivity contribution in [1.29, 1.82) is 0 Å². The van der Waals surface area contributed by atoms with Crippen LogP contribution in [-0.4, -0.2) is 63.9 Å². The number of nitrogens with zero attached hydrogens (tertiary/aromatic N) is 4. The van der Waals surface area contributed by atoms with E-state index in [4.69, 9.17) is 0 Å². The molecule has 28 heavy (non-hydrogen) atoms. The second kappa shape index (κ2) is 10.8. The fourth-order valence-corrected chi connectivity index (χ4v) is 4.03. The molecule has 158 valence electrons. The van der Waals surface area contributed by atoms with E-state index in [0.29, 0.717) is 24.8 Å². The van der Waals surface area contributed by atoms with Crippen LogP contribution in [0.25, 0.3) is 0 Å². The lowest BCUT2D eigenvalue weighted by molar-refractivity contribution is -0.127. The Hall–Kier alpha value is -1.67. The number of hydrogen-bond donors (Lipinski definition) is 2. The molecule has 2 amide bonds. The summed E-state index contributed by atoms with van der Waals surface area (Å²) in [6, 6.07) is 0.485. The zero-order valence-corrected chi connectivity index (χ0v) is 17.7. The molecule has 2 aliphatic rings. The van der Waals surface area contributed by atoms with Gasteiger partial charge in [0, 0.05) is 19.1 Å². The van der Waals surface area contributed by atoms with Gasteiger partial charge in [0.1, 0.15) is 0 Å². The lowest BCUT2D eigenvalue weighted by Gasteiger charge is -2.32. The number of piperidine rings is 2. The maximum atomic E-state index is 12.9. The summed E-state index contributed by atoms with van der Waals surface area (Å²) in [5.74, 6) is -0.192. The summed E-state index contributed by atoms with van der Waals surface area (Å²) in [5, 5.41) is 14.7. The first-order valence-corrected chi connectivity index (χ1v) is 10.3. The molecule has 1 aromatic rings. The zero-order valence-electron chi connectivity index (χ0n) is 16.9. The molecule has 2 N–H and O–H groups in total. The Morgan fingerprint density at radius 3 is 2.79 bits per heavy atom. The highest BCUT2D eigenvalue weighted by atomic mass is 35.5. The molecule has 3 rings (SSSR count). The van der Waals surface area contributed by atoms with Gasteiger partial charge in [0.15, 0.2) is 5.69 Å². The van der Waals surface area contributed by atoms with E-state index in [1.54, 1.807) is 11.1 Å². The molecule has 8 nitrogen and oxygen atoms in total. The molecular formula is C19H33ClN6O2. The Morgan fingerprint density at radius 2 is 2.07 bits per heavy atom. The number of carbonyl (C=O) groups is 2. The molecule has 9 heteroatoms. The van der Waals surface area contributed by atoms with Crippen LogP contribution >= 0.6 is 12.4 Å². The summed E-state index contributed by atoms with van der Waals surface area (Å²) in [4.78, 5) is 27.1. The van der Waals surface area contributed by atoms with E-state index in [0.717, 1.165) is 51.6 Å². The van der Waals surface area contributed by atoms with E-state index in [2.05, 4.69) is 27.9 Å². The second-order valence-electron chi connectivity index (χ2n) is 7.85. The van der Waals surface area contributed by atoms with Crippen molar-refractivity contribution in [2.45, 2.75) is 64.5 Å². The van der Waals surface area contributed by atoms with E-state index in [1.165, 1.54) is 0 Å². The monoisotopic (exact) mass is 412 g/mol. The van der Waals surface area contributed by atoms with Crippen LogP contribution in [0, 0.1) is 5.92 Å². The van der Waals surface area contributed by atoms with Crippen molar-refractivity contribution in [3.63, 3.8) is 0 Å². The predicted molar refractivity (Wildman–Crippen MR) is 110 cm³/mol. The van der Waals surface area contributed by atoms with Crippen molar-refractivity contribution in [3.8, 4) is 0 Å². The number of amides is 2. The molecular weight excluding hydrogens is 380 g/mol. The molecule has 2 unspecified atom stereocenters. The van der Waals surface area contributed by atoms with Crippen molar-refractivity contribution >= 4 is 24.2 Å². The molecule has 0 aromatic carbocycles. The third-order valence-electron chi connectivity index (χ3n) is 5.60.